The van der Waals surface area contributed by atoms with Gasteiger partial charge in [-0.1, -0.05) is 32.4 Å². The van der Waals surface area contributed by atoms with Crippen LogP contribution in [-0.2, 0) is 11.3 Å². The van der Waals surface area contributed by atoms with Gasteiger partial charge in [-0.15, -0.1) is 0 Å². The number of nitrogens with one attached hydrogen (secondary N) is 1. The van der Waals surface area contributed by atoms with Crippen LogP contribution in [0.1, 0.15) is 25.8 Å². The van der Waals surface area contributed by atoms with Crippen molar-refractivity contribution in [3.63, 3.8) is 0 Å². The molecule has 0 heterocycles. The fourth-order valence-corrected chi connectivity index (χ4v) is 1.66. The van der Waals surface area contributed by atoms with Gasteiger partial charge in [-0.25, -0.2) is 0 Å². The largest absolute Gasteiger partial charge is 0.508 e. The van der Waals surface area contributed by atoms with Crippen LogP contribution in [0.5, 0.6) is 5.75 Å². The van der Waals surface area contributed by atoms with E-state index in [1.807, 2.05) is 19.9 Å². The number of phenolic OH excluding ortho intramolecular Hbond substituents is 1. The molecule has 4 nitrogen and oxygen atoms in total. The Labute approximate surface area is 101 Å². The summed E-state index contributed by atoms with van der Waals surface area (Å²) in [6.07, 6.45) is 0.810. The third-order valence-corrected chi connectivity index (χ3v) is 2.92. The molecule has 0 aliphatic heterocycles. The minimum atomic E-state index is -0.834. The molecule has 0 aromatic heterocycles. The number of carboxylic acid groups (broad SMARTS) is 1. The van der Waals surface area contributed by atoms with Gasteiger partial charge in [0.05, 0.1) is 0 Å². The van der Waals surface area contributed by atoms with Crippen LogP contribution in [0.25, 0.3) is 0 Å². The zero-order chi connectivity index (χ0) is 12.8. The summed E-state index contributed by atoms with van der Waals surface area (Å²) in [7, 11) is 0. The number of carboxylic acids is 1. The SMILES string of the molecule is CCC(C)C(NCc1cccc(O)c1)C(=O)O. The zero-order valence-electron chi connectivity index (χ0n) is 10.2. The molecule has 0 fully saturated rings. The topological polar surface area (TPSA) is 69.6 Å². The maximum atomic E-state index is 11.1. The highest BCUT2D eigenvalue weighted by atomic mass is 16.4. The van der Waals surface area contributed by atoms with Crippen molar-refractivity contribution in [1.29, 1.82) is 0 Å². The van der Waals surface area contributed by atoms with Gasteiger partial charge in [-0.3, -0.25) is 4.79 Å². The molecule has 1 aromatic rings. The molecule has 0 spiro atoms. The number of rotatable bonds is 6. The molecule has 17 heavy (non-hydrogen) atoms. The van der Waals surface area contributed by atoms with Gasteiger partial charge >= 0.3 is 5.97 Å². The van der Waals surface area contributed by atoms with E-state index in [9.17, 15) is 9.90 Å². The molecular weight excluding hydrogens is 218 g/mol. The number of hydrogen-bond acceptors (Lipinski definition) is 3. The first-order valence-corrected chi connectivity index (χ1v) is 5.78. The van der Waals surface area contributed by atoms with Crippen molar-refractivity contribution in [2.75, 3.05) is 0 Å². The second kappa shape index (κ2) is 6.25. The fraction of sp³-hybridized carbons (Fsp3) is 0.462. The lowest BCUT2D eigenvalue weighted by molar-refractivity contribution is -0.140. The van der Waals surface area contributed by atoms with Crippen molar-refractivity contribution < 1.29 is 15.0 Å². The summed E-state index contributed by atoms with van der Waals surface area (Å²) < 4.78 is 0. The van der Waals surface area contributed by atoms with Crippen molar-refractivity contribution in [2.45, 2.75) is 32.9 Å². The van der Waals surface area contributed by atoms with Crippen LogP contribution >= 0.6 is 0 Å². The van der Waals surface area contributed by atoms with Crippen LogP contribution in [0.15, 0.2) is 24.3 Å². The number of hydrogen-bond donors (Lipinski definition) is 3. The van der Waals surface area contributed by atoms with E-state index in [1.54, 1.807) is 18.2 Å². The lowest BCUT2D eigenvalue weighted by Gasteiger charge is -2.20. The van der Waals surface area contributed by atoms with Gasteiger partial charge in [0.1, 0.15) is 11.8 Å². The van der Waals surface area contributed by atoms with Crippen molar-refractivity contribution >= 4 is 5.97 Å². The highest BCUT2D eigenvalue weighted by Gasteiger charge is 2.22. The first kappa shape index (κ1) is 13.5. The number of aliphatic carboxylic acids is 1. The normalized spacial score (nSPS) is 14.2. The molecule has 1 rings (SSSR count). The lowest BCUT2D eigenvalue weighted by atomic mass is 9.99. The van der Waals surface area contributed by atoms with Gasteiger partial charge in [-0.05, 0) is 23.6 Å². The summed E-state index contributed by atoms with van der Waals surface area (Å²) in [5.41, 5.74) is 0.875. The van der Waals surface area contributed by atoms with E-state index in [1.165, 1.54) is 0 Å². The smallest absolute Gasteiger partial charge is 0.320 e. The second-order valence-electron chi connectivity index (χ2n) is 4.25. The van der Waals surface area contributed by atoms with Gasteiger partial charge in [0.15, 0.2) is 0 Å². The molecular formula is C13H19NO3. The summed E-state index contributed by atoms with van der Waals surface area (Å²) in [6.45, 7) is 4.32. The number of phenols is 1. The molecule has 94 valence electrons. The lowest BCUT2D eigenvalue weighted by Crippen LogP contribution is -2.41. The van der Waals surface area contributed by atoms with Crippen molar-refractivity contribution in [1.82, 2.24) is 5.32 Å². The van der Waals surface area contributed by atoms with Crippen molar-refractivity contribution in [3.05, 3.63) is 29.8 Å². The first-order chi connectivity index (χ1) is 8.04. The van der Waals surface area contributed by atoms with E-state index in [-0.39, 0.29) is 11.7 Å². The quantitative estimate of drug-likeness (QED) is 0.707. The molecule has 0 saturated carbocycles. The summed E-state index contributed by atoms with van der Waals surface area (Å²) in [5.74, 6) is -0.566. The summed E-state index contributed by atoms with van der Waals surface area (Å²) in [4.78, 5) is 11.1. The highest BCUT2D eigenvalue weighted by molar-refractivity contribution is 5.73. The maximum absolute atomic E-state index is 11.1. The molecule has 3 N–H and O–H groups in total. The van der Waals surface area contributed by atoms with Crippen LogP contribution < -0.4 is 5.32 Å². The Morgan fingerprint density at radius 2 is 2.18 bits per heavy atom. The fourth-order valence-electron chi connectivity index (χ4n) is 1.66. The first-order valence-electron chi connectivity index (χ1n) is 5.78. The monoisotopic (exact) mass is 237 g/mol. The zero-order valence-corrected chi connectivity index (χ0v) is 10.2. The van der Waals surface area contributed by atoms with Crippen molar-refractivity contribution in [2.24, 2.45) is 5.92 Å². The van der Waals surface area contributed by atoms with E-state index in [2.05, 4.69) is 5.32 Å². The Balaban J connectivity index is 2.61. The predicted molar refractivity (Wildman–Crippen MR) is 65.8 cm³/mol. The van der Waals surface area contributed by atoms with E-state index < -0.39 is 12.0 Å². The third kappa shape index (κ3) is 4.07. The van der Waals surface area contributed by atoms with Gasteiger partial charge in [0.25, 0.3) is 0 Å². The number of carbonyl (C=O) groups is 1. The van der Waals surface area contributed by atoms with E-state index in [4.69, 9.17) is 5.11 Å². The van der Waals surface area contributed by atoms with Crippen molar-refractivity contribution in [3.8, 4) is 5.75 Å². The Morgan fingerprint density at radius 1 is 1.47 bits per heavy atom. The molecule has 2 atom stereocenters. The van der Waals surface area contributed by atoms with Crippen LogP contribution in [0.3, 0.4) is 0 Å². The predicted octanol–water partition coefficient (Wildman–Crippen LogP) is 1.98. The van der Waals surface area contributed by atoms with Crippen LogP contribution in [0.2, 0.25) is 0 Å². The average molecular weight is 237 g/mol. The standard InChI is InChI=1S/C13H19NO3/c1-3-9(2)12(13(16)17)14-8-10-5-4-6-11(15)7-10/h4-7,9,12,14-15H,3,8H2,1-2H3,(H,16,17). The van der Waals surface area contributed by atoms with Crippen LogP contribution in [-0.4, -0.2) is 22.2 Å². The van der Waals surface area contributed by atoms with Crippen LogP contribution in [0, 0.1) is 5.92 Å². The molecule has 2 unspecified atom stereocenters. The summed E-state index contributed by atoms with van der Waals surface area (Å²) >= 11 is 0. The Bertz CT molecular complexity index is 379. The molecule has 0 aliphatic rings. The Kier molecular flexibility index (Phi) is 4.97. The van der Waals surface area contributed by atoms with Gasteiger partial charge in [0, 0.05) is 6.54 Å². The van der Waals surface area contributed by atoms with E-state index in [0.717, 1.165) is 12.0 Å². The molecule has 0 saturated heterocycles. The number of benzene rings is 1. The molecule has 0 aliphatic carbocycles. The van der Waals surface area contributed by atoms with E-state index in [0.29, 0.717) is 6.54 Å². The molecule has 0 amide bonds. The van der Waals surface area contributed by atoms with Gasteiger partial charge in [-0.2, -0.15) is 0 Å². The summed E-state index contributed by atoms with van der Waals surface area (Å²) in [6, 6.07) is 6.26. The molecule has 0 bridgehead atoms. The second-order valence-corrected chi connectivity index (χ2v) is 4.25. The Morgan fingerprint density at radius 3 is 2.71 bits per heavy atom. The van der Waals surface area contributed by atoms with Crippen LogP contribution in [0.4, 0.5) is 0 Å². The molecule has 1 aromatic carbocycles. The highest BCUT2D eigenvalue weighted by Crippen LogP contribution is 2.12. The minimum absolute atomic E-state index is 0.0739. The molecule has 0 radical (unpaired) electrons. The van der Waals surface area contributed by atoms with E-state index >= 15 is 0 Å². The third-order valence-electron chi connectivity index (χ3n) is 2.92. The summed E-state index contributed by atoms with van der Waals surface area (Å²) in [5, 5.41) is 21.4. The Hall–Kier alpha value is -1.55. The minimum Gasteiger partial charge on any atom is -0.508 e. The average Bonchev–Trinajstić information content (AvgIpc) is 2.28. The number of aromatic hydroxyl groups is 1. The maximum Gasteiger partial charge on any atom is 0.320 e. The van der Waals surface area contributed by atoms with Gasteiger partial charge in [0.2, 0.25) is 0 Å². The van der Waals surface area contributed by atoms with Gasteiger partial charge < -0.3 is 15.5 Å². The molecule has 4 heteroatoms.